The molecule has 1 heterocycles. The number of anilines is 1. The number of hydrazone groups is 1. The smallest absolute Gasteiger partial charge is 0.184 e. The molecule has 0 radical (unpaired) electrons. The Morgan fingerprint density at radius 3 is 2.46 bits per heavy atom. The zero-order valence-electron chi connectivity index (χ0n) is 15.6. The summed E-state index contributed by atoms with van der Waals surface area (Å²) in [5.74, 6) is -1.03. The van der Waals surface area contributed by atoms with Gasteiger partial charge in [-0.05, 0) is 30.8 Å². The van der Waals surface area contributed by atoms with Gasteiger partial charge in [0.1, 0.15) is 11.6 Å². The Kier molecular flexibility index (Phi) is 6.53. The predicted molar refractivity (Wildman–Crippen MR) is 113 cm³/mol. The highest BCUT2D eigenvalue weighted by atomic mass is 32.1. The van der Waals surface area contributed by atoms with Gasteiger partial charge in [-0.3, -0.25) is 10.3 Å². The highest BCUT2D eigenvalue weighted by Crippen LogP contribution is 2.26. The molecule has 0 bridgehead atoms. The van der Waals surface area contributed by atoms with Gasteiger partial charge in [0.25, 0.3) is 0 Å². The zero-order chi connectivity index (χ0) is 20.1. The quantitative estimate of drug-likeness (QED) is 0.457. The molecule has 5 nitrogen and oxygen atoms in total. The number of rotatable bonds is 5. The maximum atomic E-state index is 14.6. The number of benzene rings is 2. The lowest BCUT2D eigenvalue weighted by molar-refractivity contribution is 0.198. The first kappa shape index (κ1) is 20.2. The van der Waals surface area contributed by atoms with Crippen molar-refractivity contribution in [2.45, 2.75) is 13.0 Å². The van der Waals surface area contributed by atoms with E-state index in [-0.39, 0.29) is 22.4 Å². The Labute approximate surface area is 168 Å². The molecule has 1 aliphatic rings. The predicted octanol–water partition coefficient (Wildman–Crippen LogP) is 3.02. The van der Waals surface area contributed by atoms with E-state index in [9.17, 15) is 8.78 Å². The lowest BCUT2D eigenvalue weighted by Crippen LogP contribution is -2.47. The fraction of sp³-hybridized carbons (Fsp3) is 0.300. The molecule has 1 saturated heterocycles. The molecule has 2 aromatic carbocycles. The molecule has 1 atom stereocenters. The van der Waals surface area contributed by atoms with E-state index in [4.69, 9.17) is 5.73 Å². The minimum absolute atomic E-state index is 0.0290. The molecule has 1 unspecified atom stereocenters. The summed E-state index contributed by atoms with van der Waals surface area (Å²) in [6.45, 7) is 4.98. The van der Waals surface area contributed by atoms with Crippen molar-refractivity contribution in [3.05, 3.63) is 65.2 Å². The third kappa shape index (κ3) is 4.82. The summed E-state index contributed by atoms with van der Waals surface area (Å²) in [4.78, 5) is 4.23. The first-order chi connectivity index (χ1) is 13.5. The number of piperazine rings is 1. The van der Waals surface area contributed by atoms with Gasteiger partial charge in [-0.25, -0.2) is 8.78 Å². The van der Waals surface area contributed by atoms with Crippen molar-refractivity contribution in [3.8, 4) is 0 Å². The molecule has 2 aromatic rings. The number of halogens is 2. The van der Waals surface area contributed by atoms with Crippen LogP contribution in [-0.2, 0) is 0 Å². The van der Waals surface area contributed by atoms with Crippen LogP contribution in [0.3, 0.4) is 0 Å². The number of nitrogens with two attached hydrogens (primary N) is 1. The molecular formula is C20H23F2N5S. The summed E-state index contributed by atoms with van der Waals surface area (Å²) in [7, 11) is 0. The number of nitrogens with zero attached hydrogens (tertiary/aromatic N) is 3. The van der Waals surface area contributed by atoms with E-state index in [0.717, 1.165) is 25.4 Å². The van der Waals surface area contributed by atoms with Gasteiger partial charge in [0.15, 0.2) is 5.11 Å². The Morgan fingerprint density at radius 2 is 1.82 bits per heavy atom. The molecular weight excluding hydrogens is 380 g/mol. The topological polar surface area (TPSA) is 56.9 Å². The first-order valence-corrected chi connectivity index (χ1v) is 9.48. The normalized spacial score (nSPS) is 16.3. The number of hydrogen-bond donors (Lipinski definition) is 2. The van der Waals surface area contributed by atoms with Gasteiger partial charge in [0, 0.05) is 43.9 Å². The minimum atomic E-state index is -0.551. The van der Waals surface area contributed by atoms with Crippen LogP contribution in [0.2, 0.25) is 0 Å². The van der Waals surface area contributed by atoms with Crippen LogP contribution in [-0.4, -0.2) is 42.4 Å². The summed E-state index contributed by atoms with van der Waals surface area (Å²) in [6.07, 6.45) is 1.15. The lowest BCUT2D eigenvalue weighted by Gasteiger charge is -2.39. The van der Waals surface area contributed by atoms with Crippen LogP contribution < -0.4 is 16.1 Å². The number of hydrogen-bond acceptors (Lipinski definition) is 4. The largest absolute Gasteiger partial charge is 0.375 e. The van der Waals surface area contributed by atoms with Crippen LogP contribution in [0.15, 0.2) is 47.6 Å². The van der Waals surface area contributed by atoms with E-state index in [1.165, 1.54) is 11.6 Å². The SMILES string of the molecule is CC(c1ccccc1)N1CCN(c2cc(F)c(C=NNC(N)=S)cc2F)CC1. The van der Waals surface area contributed by atoms with E-state index in [1.807, 2.05) is 23.1 Å². The van der Waals surface area contributed by atoms with Crippen molar-refractivity contribution in [1.82, 2.24) is 10.3 Å². The van der Waals surface area contributed by atoms with Crippen molar-refractivity contribution in [2.75, 3.05) is 31.1 Å². The second-order valence-corrected chi connectivity index (χ2v) is 7.11. The molecule has 3 rings (SSSR count). The van der Waals surface area contributed by atoms with E-state index in [2.05, 4.69) is 46.7 Å². The molecule has 8 heteroatoms. The first-order valence-electron chi connectivity index (χ1n) is 9.07. The molecule has 0 amide bonds. The molecule has 28 heavy (non-hydrogen) atoms. The zero-order valence-corrected chi connectivity index (χ0v) is 16.4. The molecule has 0 saturated carbocycles. The average molecular weight is 404 g/mol. The van der Waals surface area contributed by atoms with Gasteiger partial charge in [0.05, 0.1) is 11.9 Å². The van der Waals surface area contributed by atoms with E-state index in [0.29, 0.717) is 13.1 Å². The molecule has 0 aliphatic carbocycles. The molecule has 0 aromatic heterocycles. The standard InChI is InChI=1S/C20H23F2N5S/c1-14(15-5-3-2-4-6-15)26-7-9-27(10-8-26)19-12-17(21)16(11-18(19)22)13-24-25-20(23)28/h2-6,11-14H,7-10H2,1H3,(H3,23,25,28). The summed E-state index contributed by atoms with van der Waals surface area (Å²) < 4.78 is 28.9. The van der Waals surface area contributed by atoms with Crippen LogP contribution >= 0.6 is 12.2 Å². The molecule has 0 spiro atoms. The summed E-state index contributed by atoms with van der Waals surface area (Å²) in [5.41, 5.74) is 9.11. The fourth-order valence-electron chi connectivity index (χ4n) is 3.35. The van der Waals surface area contributed by atoms with Gasteiger partial charge < -0.3 is 10.6 Å². The molecule has 1 fully saturated rings. The van der Waals surface area contributed by atoms with Crippen LogP contribution in [0.4, 0.5) is 14.5 Å². The maximum Gasteiger partial charge on any atom is 0.184 e. The fourth-order valence-corrected chi connectivity index (χ4v) is 3.40. The average Bonchev–Trinajstić information content (AvgIpc) is 2.70. The van der Waals surface area contributed by atoms with Crippen LogP contribution in [0.5, 0.6) is 0 Å². The monoisotopic (exact) mass is 403 g/mol. The van der Waals surface area contributed by atoms with Gasteiger partial charge in [-0.15, -0.1) is 0 Å². The number of nitrogens with one attached hydrogen (secondary N) is 1. The van der Waals surface area contributed by atoms with Gasteiger partial charge in [-0.1, -0.05) is 30.3 Å². The van der Waals surface area contributed by atoms with Crippen molar-refractivity contribution < 1.29 is 8.78 Å². The van der Waals surface area contributed by atoms with Crippen molar-refractivity contribution in [1.29, 1.82) is 0 Å². The number of thiocarbonyl (C=S) groups is 1. The Balaban J connectivity index is 1.66. The summed E-state index contributed by atoms with van der Waals surface area (Å²) >= 11 is 4.61. The van der Waals surface area contributed by atoms with E-state index < -0.39 is 11.6 Å². The van der Waals surface area contributed by atoms with Gasteiger partial charge in [-0.2, -0.15) is 5.10 Å². The van der Waals surface area contributed by atoms with Gasteiger partial charge in [0.2, 0.25) is 0 Å². The summed E-state index contributed by atoms with van der Waals surface area (Å²) in [6, 6.07) is 12.9. The van der Waals surface area contributed by atoms with Crippen molar-refractivity contribution in [3.63, 3.8) is 0 Å². The Bertz CT molecular complexity index is 851. The van der Waals surface area contributed by atoms with Crippen molar-refractivity contribution in [2.24, 2.45) is 10.8 Å². The molecule has 1 aliphatic heterocycles. The van der Waals surface area contributed by atoms with Crippen molar-refractivity contribution >= 4 is 29.2 Å². The lowest BCUT2D eigenvalue weighted by atomic mass is 10.1. The Hall–Kier alpha value is -2.58. The highest BCUT2D eigenvalue weighted by molar-refractivity contribution is 7.80. The maximum absolute atomic E-state index is 14.6. The molecule has 3 N–H and O–H groups in total. The third-order valence-electron chi connectivity index (χ3n) is 4.93. The van der Waals surface area contributed by atoms with Crippen LogP contribution in [0, 0.1) is 11.6 Å². The van der Waals surface area contributed by atoms with Crippen LogP contribution in [0.1, 0.15) is 24.1 Å². The van der Waals surface area contributed by atoms with Crippen LogP contribution in [0.25, 0.3) is 0 Å². The second-order valence-electron chi connectivity index (χ2n) is 6.67. The molecule has 148 valence electrons. The highest BCUT2D eigenvalue weighted by Gasteiger charge is 2.24. The second kappa shape index (κ2) is 9.07. The van der Waals surface area contributed by atoms with Gasteiger partial charge >= 0.3 is 0 Å². The Morgan fingerprint density at radius 1 is 1.14 bits per heavy atom. The minimum Gasteiger partial charge on any atom is -0.375 e. The van der Waals surface area contributed by atoms with E-state index >= 15 is 0 Å². The summed E-state index contributed by atoms with van der Waals surface area (Å²) in [5, 5.41) is 3.63. The third-order valence-corrected chi connectivity index (χ3v) is 5.02. The van der Waals surface area contributed by atoms with E-state index in [1.54, 1.807) is 0 Å².